The second-order valence-electron chi connectivity index (χ2n) is 7.61. The zero-order valence-electron chi connectivity index (χ0n) is 17.6. The van der Waals surface area contributed by atoms with E-state index in [1.54, 1.807) is 4.68 Å². The van der Waals surface area contributed by atoms with Gasteiger partial charge in [0.25, 0.3) is 0 Å². The number of hydrogen-bond donors (Lipinski definition) is 0. The summed E-state index contributed by atoms with van der Waals surface area (Å²) in [5.74, 6) is -0.0480. The number of benzene rings is 4. The van der Waals surface area contributed by atoms with Gasteiger partial charge in [-0.1, -0.05) is 107 Å². The first-order valence-corrected chi connectivity index (χ1v) is 11.2. The first-order chi connectivity index (χ1) is 15.7. The molecule has 0 fully saturated rings. The summed E-state index contributed by atoms with van der Waals surface area (Å²) in [7, 11) is 0. The number of fused-ring (bicyclic) bond motifs is 1. The van der Waals surface area contributed by atoms with Gasteiger partial charge in [-0.05, 0) is 36.8 Å². The van der Waals surface area contributed by atoms with E-state index in [1.807, 2.05) is 116 Å². The van der Waals surface area contributed by atoms with Crippen molar-refractivity contribution in [2.24, 2.45) is 0 Å². The van der Waals surface area contributed by atoms with E-state index in [2.05, 4.69) is 10.3 Å². The van der Waals surface area contributed by atoms with Gasteiger partial charge in [-0.3, -0.25) is 4.79 Å². The van der Waals surface area contributed by atoms with Crippen LogP contribution in [0.3, 0.4) is 0 Å². The van der Waals surface area contributed by atoms with Crippen LogP contribution in [-0.4, -0.2) is 20.8 Å². The molecule has 0 aliphatic carbocycles. The van der Waals surface area contributed by atoms with Gasteiger partial charge in [0.15, 0.2) is 0 Å². The van der Waals surface area contributed by atoms with Crippen LogP contribution in [0.5, 0.6) is 0 Å². The number of Topliss-reactive ketones (excluding diaryl/α,β-unsaturated/α-hetero) is 1. The van der Waals surface area contributed by atoms with Crippen LogP contribution in [0, 0.1) is 6.92 Å². The highest BCUT2D eigenvalue weighted by Crippen LogP contribution is 2.46. The summed E-state index contributed by atoms with van der Waals surface area (Å²) in [4.78, 5) is 14.2. The molecule has 156 valence electrons. The number of aryl methyl sites for hydroxylation is 1. The molecule has 4 nitrogen and oxygen atoms in total. The molecule has 0 spiro atoms. The molecule has 0 amide bonds. The summed E-state index contributed by atoms with van der Waals surface area (Å²) in [6.07, 6.45) is 0. The highest BCUT2D eigenvalue weighted by Gasteiger charge is 2.46. The molecule has 32 heavy (non-hydrogen) atoms. The Bertz CT molecular complexity index is 1360. The molecule has 1 aromatic heterocycles. The van der Waals surface area contributed by atoms with E-state index in [0.717, 1.165) is 27.1 Å². The molecule has 0 bridgehead atoms. The van der Waals surface area contributed by atoms with E-state index < -0.39 is 4.87 Å². The molecule has 1 heterocycles. The van der Waals surface area contributed by atoms with Gasteiger partial charge in [0.2, 0.25) is 10.7 Å². The number of nitrogens with zero attached hydrogens (tertiary/aromatic N) is 3. The second kappa shape index (κ2) is 8.44. The lowest BCUT2D eigenvalue weighted by Crippen LogP contribution is -2.41. The van der Waals surface area contributed by atoms with Crippen molar-refractivity contribution in [3.63, 3.8) is 0 Å². The number of para-hydroxylation sites is 1. The van der Waals surface area contributed by atoms with Crippen molar-refractivity contribution < 1.29 is 4.79 Å². The molecule has 0 aliphatic rings. The quantitative estimate of drug-likeness (QED) is 0.238. The van der Waals surface area contributed by atoms with Crippen LogP contribution in [0.25, 0.3) is 11.0 Å². The first kappa shape index (κ1) is 20.2. The number of carbonyl (C=O) groups excluding carboxylic acids is 1. The van der Waals surface area contributed by atoms with E-state index in [-0.39, 0.29) is 5.78 Å². The molecular weight excluding hydrogens is 414 g/mol. The van der Waals surface area contributed by atoms with Crippen molar-refractivity contribution in [3.05, 3.63) is 126 Å². The van der Waals surface area contributed by atoms with Crippen LogP contribution in [0.15, 0.2) is 114 Å². The molecule has 0 aliphatic heterocycles. The van der Waals surface area contributed by atoms with Crippen molar-refractivity contribution >= 4 is 28.6 Å². The Morgan fingerprint density at radius 1 is 0.781 bits per heavy atom. The van der Waals surface area contributed by atoms with Gasteiger partial charge < -0.3 is 0 Å². The Morgan fingerprint density at radius 3 is 2.12 bits per heavy atom. The smallest absolute Gasteiger partial charge is 0.205 e. The zero-order valence-corrected chi connectivity index (χ0v) is 18.4. The minimum absolute atomic E-state index is 0.0480. The fraction of sp³-hybridized carbons (Fsp3) is 0.0741. The standard InChI is InChI=1S/C27H21N3OS/c1-20-16-18-21(19-17-20)26(31)27(22-10-4-2-5-11-22,32-23-12-6-3-7-13-23)30-25-15-9-8-14-24(25)28-29-30/h2-19H,1H3. The number of thioether (sulfide) groups is 1. The lowest BCUT2D eigenvalue weighted by molar-refractivity contribution is 0.0918. The summed E-state index contributed by atoms with van der Waals surface area (Å²) in [5.41, 5.74) is 4.13. The number of rotatable bonds is 6. The van der Waals surface area contributed by atoms with Crippen molar-refractivity contribution in [1.82, 2.24) is 15.0 Å². The lowest BCUT2D eigenvalue weighted by Gasteiger charge is -2.33. The van der Waals surface area contributed by atoms with Crippen molar-refractivity contribution in [2.45, 2.75) is 16.7 Å². The number of aromatic nitrogens is 3. The molecule has 5 aromatic rings. The highest BCUT2D eigenvalue weighted by atomic mass is 32.2. The van der Waals surface area contributed by atoms with Gasteiger partial charge in [-0.15, -0.1) is 5.10 Å². The van der Waals surface area contributed by atoms with Crippen LogP contribution in [0.1, 0.15) is 21.5 Å². The van der Waals surface area contributed by atoms with Gasteiger partial charge in [0, 0.05) is 10.5 Å². The Morgan fingerprint density at radius 2 is 1.41 bits per heavy atom. The SMILES string of the molecule is Cc1ccc(C(=O)C(Sc2ccccc2)(c2ccccc2)n2nnc3ccccc32)cc1. The number of hydrogen-bond acceptors (Lipinski definition) is 4. The topological polar surface area (TPSA) is 47.8 Å². The summed E-state index contributed by atoms with van der Waals surface area (Å²) in [6.45, 7) is 2.02. The number of ketones is 1. The van der Waals surface area contributed by atoms with Crippen LogP contribution in [0.2, 0.25) is 0 Å². The maximum absolute atomic E-state index is 14.4. The highest BCUT2D eigenvalue weighted by molar-refractivity contribution is 8.01. The Labute approximate surface area is 190 Å². The Balaban J connectivity index is 1.83. The minimum atomic E-state index is -1.17. The molecule has 0 radical (unpaired) electrons. The van der Waals surface area contributed by atoms with Crippen LogP contribution < -0.4 is 0 Å². The van der Waals surface area contributed by atoms with Crippen LogP contribution in [-0.2, 0) is 4.87 Å². The summed E-state index contributed by atoms with van der Waals surface area (Å²) in [6, 6.07) is 35.3. The molecule has 1 unspecified atom stereocenters. The molecule has 0 saturated heterocycles. The Hall–Kier alpha value is -3.70. The maximum atomic E-state index is 14.4. The second-order valence-corrected chi connectivity index (χ2v) is 8.88. The fourth-order valence-electron chi connectivity index (χ4n) is 3.82. The molecule has 5 heteroatoms. The number of carbonyl (C=O) groups is 1. The van der Waals surface area contributed by atoms with Crippen LogP contribution in [0.4, 0.5) is 0 Å². The lowest BCUT2D eigenvalue weighted by atomic mass is 9.95. The maximum Gasteiger partial charge on any atom is 0.205 e. The van der Waals surface area contributed by atoms with Gasteiger partial charge in [0.05, 0.1) is 5.52 Å². The largest absolute Gasteiger partial charge is 0.290 e. The van der Waals surface area contributed by atoms with Crippen molar-refractivity contribution in [1.29, 1.82) is 0 Å². The third kappa shape index (κ3) is 3.51. The molecular formula is C27H21N3OS. The average Bonchev–Trinajstić information content (AvgIpc) is 3.28. The predicted octanol–water partition coefficient (Wildman–Crippen LogP) is 6.12. The average molecular weight is 436 g/mol. The van der Waals surface area contributed by atoms with E-state index >= 15 is 0 Å². The predicted molar refractivity (Wildman–Crippen MR) is 129 cm³/mol. The van der Waals surface area contributed by atoms with Gasteiger partial charge >= 0.3 is 0 Å². The first-order valence-electron chi connectivity index (χ1n) is 10.4. The zero-order chi connectivity index (χ0) is 22.0. The summed E-state index contributed by atoms with van der Waals surface area (Å²) >= 11 is 1.48. The Kier molecular flexibility index (Phi) is 5.33. The molecule has 4 aromatic carbocycles. The van der Waals surface area contributed by atoms with E-state index in [1.165, 1.54) is 11.8 Å². The molecule has 5 rings (SSSR count). The molecule has 0 N–H and O–H groups in total. The summed E-state index contributed by atoms with van der Waals surface area (Å²) in [5, 5.41) is 8.92. The van der Waals surface area contributed by atoms with Gasteiger partial charge in [-0.25, -0.2) is 4.68 Å². The van der Waals surface area contributed by atoms with Crippen molar-refractivity contribution in [3.8, 4) is 0 Å². The van der Waals surface area contributed by atoms with E-state index in [4.69, 9.17) is 0 Å². The molecule has 1 atom stereocenters. The van der Waals surface area contributed by atoms with E-state index in [0.29, 0.717) is 5.56 Å². The normalized spacial score (nSPS) is 13.0. The van der Waals surface area contributed by atoms with Gasteiger partial charge in [0.1, 0.15) is 5.52 Å². The third-order valence-corrected chi connectivity index (χ3v) is 6.84. The monoisotopic (exact) mass is 435 g/mol. The third-order valence-electron chi connectivity index (χ3n) is 5.45. The minimum Gasteiger partial charge on any atom is -0.290 e. The summed E-state index contributed by atoms with van der Waals surface area (Å²) < 4.78 is 1.78. The van der Waals surface area contributed by atoms with Crippen LogP contribution >= 0.6 is 11.8 Å². The van der Waals surface area contributed by atoms with Gasteiger partial charge in [-0.2, -0.15) is 0 Å². The fourth-order valence-corrected chi connectivity index (χ4v) is 5.14. The van der Waals surface area contributed by atoms with Crippen molar-refractivity contribution in [2.75, 3.05) is 0 Å². The molecule has 0 saturated carbocycles. The van der Waals surface area contributed by atoms with E-state index in [9.17, 15) is 4.79 Å².